The van der Waals surface area contributed by atoms with E-state index in [-0.39, 0.29) is 13.1 Å². The number of carbonyl (C=O) groups is 2. The lowest BCUT2D eigenvalue weighted by Gasteiger charge is -2.10. The van der Waals surface area contributed by atoms with Crippen molar-refractivity contribution >= 4 is 34.8 Å². The fraction of sp³-hybridized carbons (Fsp3) is 0.250. The smallest absolute Gasteiger partial charge is 0.309 e. The van der Waals surface area contributed by atoms with Gasteiger partial charge >= 0.3 is 11.8 Å². The molecule has 0 fully saturated rings. The molecule has 0 radical (unpaired) electrons. The van der Waals surface area contributed by atoms with E-state index in [4.69, 9.17) is 11.6 Å². The Morgan fingerprint density at radius 1 is 1.13 bits per heavy atom. The second-order valence-corrected chi connectivity index (χ2v) is 6.24. The van der Waals surface area contributed by atoms with Gasteiger partial charge in [0.25, 0.3) is 0 Å². The van der Waals surface area contributed by atoms with Gasteiger partial charge in [-0.3, -0.25) is 9.59 Å². The Balaban J connectivity index is 1.71. The Morgan fingerprint density at radius 3 is 2.57 bits per heavy atom. The molecule has 0 aliphatic rings. The van der Waals surface area contributed by atoms with Crippen LogP contribution >= 0.6 is 22.9 Å². The maximum absolute atomic E-state index is 11.7. The van der Waals surface area contributed by atoms with Gasteiger partial charge in [-0.05, 0) is 29.5 Å². The molecule has 1 aromatic heterocycles. The predicted molar refractivity (Wildman–Crippen MR) is 90.2 cm³/mol. The summed E-state index contributed by atoms with van der Waals surface area (Å²) in [6.07, 6.45) is -0.286. The molecule has 1 heterocycles. The summed E-state index contributed by atoms with van der Waals surface area (Å²) in [5, 5.41) is 17.3. The van der Waals surface area contributed by atoms with Crippen LogP contribution in [-0.2, 0) is 16.1 Å². The lowest BCUT2D eigenvalue weighted by molar-refractivity contribution is -0.139. The number of nitrogens with one attached hydrogen (secondary N) is 2. The van der Waals surface area contributed by atoms with Gasteiger partial charge in [0.05, 0.1) is 6.10 Å². The van der Waals surface area contributed by atoms with Crippen LogP contribution in [0.1, 0.15) is 23.0 Å². The number of rotatable bonds is 6. The maximum Gasteiger partial charge on any atom is 0.309 e. The van der Waals surface area contributed by atoms with Crippen molar-refractivity contribution in [1.82, 2.24) is 10.6 Å². The molecule has 23 heavy (non-hydrogen) atoms. The maximum atomic E-state index is 11.7. The number of hydrogen-bond donors (Lipinski definition) is 3. The molecule has 0 spiro atoms. The second-order valence-electron chi connectivity index (χ2n) is 4.85. The number of amides is 2. The van der Waals surface area contributed by atoms with Crippen LogP contribution in [0.4, 0.5) is 0 Å². The van der Waals surface area contributed by atoms with Gasteiger partial charge in [-0.1, -0.05) is 35.9 Å². The Labute approximate surface area is 143 Å². The molecule has 3 N–H and O–H groups in total. The molecule has 0 bridgehead atoms. The fourth-order valence-corrected chi connectivity index (χ4v) is 2.87. The first-order valence-corrected chi connectivity index (χ1v) is 8.34. The first kappa shape index (κ1) is 17.5. The normalized spacial score (nSPS) is 11.7. The van der Waals surface area contributed by atoms with Crippen molar-refractivity contribution in [2.24, 2.45) is 0 Å². The molecular weight excluding hydrogens is 336 g/mol. The number of carbonyl (C=O) groups excluding carboxylic acids is 2. The summed E-state index contributed by atoms with van der Waals surface area (Å²) in [7, 11) is 0. The summed E-state index contributed by atoms with van der Waals surface area (Å²) in [5.74, 6) is -1.45. The van der Waals surface area contributed by atoms with Crippen LogP contribution < -0.4 is 10.6 Å². The van der Waals surface area contributed by atoms with Crippen molar-refractivity contribution < 1.29 is 14.7 Å². The van der Waals surface area contributed by atoms with Crippen LogP contribution in [0.2, 0.25) is 5.02 Å². The van der Waals surface area contributed by atoms with Crippen LogP contribution in [0.25, 0.3) is 0 Å². The largest absolute Gasteiger partial charge is 0.388 e. The minimum absolute atomic E-state index is 0.184. The minimum Gasteiger partial charge on any atom is -0.388 e. The topological polar surface area (TPSA) is 78.4 Å². The molecule has 0 unspecified atom stereocenters. The highest BCUT2D eigenvalue weighted by atomic mass is 35.5. The number of benzene rings is 1. The van der Waals surface area contributed by atoms with Crippen LogP contribution in [0.15, 0.2) is 41.8 Å². The first-order chi connectivity index (χ1) is 11.1. The number of aliphatic hydroxyl groups is 1. The lowest BCUT2D eigenvalue weighted by atomic mass is 10.2. The van der Waals surface area contributed by atoms with Crippen molar-refractivity contribution in [1.29, 1.82) is 0 Å². The average Bonchev–Trinajstić information content (AvgIpc) is 3.08. The zero-order valence-electron chi connectivity index (χ0n) is 12.3. The summed E-state index contributed by atoms with van der Waals surface area (Å²) in [6.45, 7) is 0.404. The van der Waals surface area contributed by atoms with E-state index in [1.54, 1.807) is 24.3 Å². The van der Waals surface area contributed by atoms with Gasteiger partial charge in [-0.15, -0.1) is 11.3 Å². The molecular formula is C16H17ClN2O3S. The van der Waals surface area contributed by atoms with Crippen molar-refractivity contribution in [2.45, 2.75) is 19.1 Å². The predicted octanol–water partition coefficient (Wildman–Crippen LogP) is 2.26. The molecule has 2 aromatic rings. The van der Waals surface area contributed by atoms with Gasteiger partial charge in [-0.25, -0.2) is 0 Å². The molecule has 0 aliphatic carbocycles. The van der Waals surface area contributed by atoms with Gasteiger partial charge < -0.3 is 15.7 Å². The van der Waals surface area contributed by atoms with E-state index in [0.717, 1.165) is 10.4 Å². The molecule has 1 aromatic carbocycles. The lowest BCUT2D eigenvalue weighted by Crippen LogP contribution is -2.40. The van der Waals surface area contributed by atoms with E-state index in [0.29, 0.717) is 11.4 Å². The van der Waals surface area contributed by atoms with Crippen molar-refractivity contribution in [3.8, 4) is 0 Å². The summed E-state index contributed by atoms with van der Waals surface area (Å²) in [5.41, 5.74) is 0.739. The van der Waals surface area contributed by atoms with Crippen LogP contribution in [0.5, 0.6) is 0 Å². The average molecular weight is 353 g/mol. The van der Waals surface area contributed by atoms with Gasteiger partial charge in [0.15, 0.2) is 0 Å². The Hall–Kier alpha value is -1.89. The van der Waals surface area contributed by atoms with Gasteiger partial charge in [0.2, 0.25) is 0 Å². The number of hydrogen-bond acceptors (Lipinski definition) is 4. The summed E-state index contributed by atoms with van der Waals surface area (Å²) >= 11 is 7.42. The van der Waals surface area contributed by atoms with Gasteiger partial charge in [0, 0.05) is 23.0 Å². The Kier molecular flexibility index (Phi) is 6.58. The van der Waals surface area contributed by atoms with E-state index in [1.165, 1.54) is 11.3 Å². The molecule has 7 heteroatoms. The third-order valence-electron chi connectivity index (χ3n) is 3.18. The molecule has 0 saturated carbocycles. The summed E-state index contributed by atoms with van der Waals surface area (Å²) in [4.78, 5) is 24.2. The molecule has 2 rings (SSSR count). The van der Waals surface area contributed by atoms with Crippen molar-refractivity contribution in [3.05, 3.63) is 57.2 Å². The SMILES string of the molecule is O=C(NCC[C@H](O)c1cccs1)C(=O)NCc1ccccc1Cl. The summed E-state index contributed by atoms with van der Waals surface area (Å²) in [6, 6.07) is 10.8. The Bertz CT molecular complexity index is 661. The fourth-order valence-electron chi connectivity index (χ4n) is 1.92. The molecule has 0 saturated heterocycles. The monoisotopic (exact) mass is 352 g/mol. The first-order valence-electron chi connectivity index (χ1n) is 7.09. The Morgan fingerprint density at radius 2 is 1.87 bits per heavy atom. The second kappa shape index (κ2) is 8.67. The van der Waals surface area contributed by atoms with Crippen LogP contribution in [0.3, 0.4) is 0 Å². The molecule has 1 atom stereocenters. The quantitative estimate of drug-likeness (QED) is 0.698. The summed E-state index contributed by atoms with van der Waals surface area (Å²) < 4.78 is 0. The number of thiophene rings is 1. The third kappa shape index (κ3) is 5.35. The van der Waals surface area contributed by atoms with E-state index >= 15 is 0 Å². The highest BCUT2D eigenvalue weighted by molar-refractivity contribution is 7.10. The highest BCUT2D eigenvalue weighted by Gasteiger charge is 2.14. The highest BCUT2D eigenvalue weighted by Crippen LogP contribution is 2.20. The van der Waals surface area contributed by atoms with Gasteiger partial charge in [-0.2, -0.15) is 0 Å². The van der Waals surface area contributed by atoms with Crippen molar-refractivity contribution in [3.63, 3.8) is 0 Å². The van der Waals surface area contributed by atoms with E-state index in [2.05, 4.69) is 10.6 Å². The molecule has 0 aliphatic heterocycles. The van der Waals surface area contributed by atoms with E-state index in [9.17, 15) is 14.7 Å². The number of aliphatic hydroxyl groups excluding tert-OH is 1. The molecule has 122 valence electrons. The van der Waals surface area contributed by atoms with Crippen LogP contribution in [0, 0.1) is 0 Å². The van der Waals surface area contributed by atoms with E-state index < -0.39 is 17.9 Å². The molecule has 5 nitrogen and oxygen atoms in total. The van der Waals surface area contributed by atoms with Crippen molar-refractivity contribution in [2.75, 3.05) is 6.54 Å². The van der Waals surface area contributed by atoms with Crippen LogP contribution in [-0.4, -0.2) is 23.5 Å². The third-order valence-corrected chi connectivity index (χ3v) is 4.52. The van der Waals surface area contributed by atoms with Gasteiger partial charge in [0.1, 0.15) is 0 Å². The molecule has 2 amide bonds. The zero-order chi connectivity index (χ0) is 16.7. The number of halogens is 1. The standard InChI is InChI=1S/C16H17ClN2O3S/c17-12-5-2-1-4-11(12)10-19-16(22)15(21)18-8-7-13(20)14-6-3-9-23-14/h1-6,9,13,20H,7-8,10H2,(H,18,21)(H,19,22)/t13-/m0/s1. The zero-order valence-corrected chi connectivity index (χ0v) is 13.9. The van der Waals surface area contributed by atoms with E-state index in [1.807, 2.05) is 17.5 Å². The minimum atomic E-state index is -0.726.